The summed E-state index contributed by atoms with van der Waals surface area (Å²) in [6, 6.07) is 3.86. The average Bonchev–Trinajstić information content (AvgIpc) is 2.46. The van der Waals surface area contributed by atoms with E-state index in [1.807, 2.05) is 12.1 Å². The Labute approximate surface area is 121 Å². The normalized spacial score (nSPS) is 13.4. The number of rotatable bonds is 8. The third-order valence-electron chi connectivity index (χ3n) is 3.70. The van der Waals surface area contributed by atoms with Gasteiger partial charge in [0, 0.05) is 6.42 Å². The zero-order valence-electron chi connectivity index (χ0n) is 13.0. The first kappa shape index (κ1) is 16.3. The van der Waals surface area contributed by atoms with Crippen LogP contribution in [0, 0.1) is 0 Å². The van der Waals surface area contributed by atoms with Crippen molar-refractivity contribution in [2.45, 2.75) is 38.5 Å². The lowest BCUT2D eigenvalue weighted by molar-refractivity contribution is -0.108. The van der Waals surface area contributed by atoms with E-state index in [4.69, 9.17) is 14.2 Å². The van der Waals surface area contributed by atoms with Crippen LogP contribution in [0.15, 0.2) is 12.1 Å². The standard InChI is InChI=1S/C16H24O4/c1-6-7-16(2,8-9-17)12-10-13(18-3)15(20-5)14(11-12)19-4/h9-11H,6-8H2,1-5H3/t16-/m1/s1. The Kier molecular flexibility index (Phi) is 5.86. The molecule has 112 valence electrons. The van der Waals surface area contributed by atoms with Gasteiger partial charge in [0.15, 0.2) is 11.5 Å². The van der Waals surface area contributed by atoms with Gasteiger partial charge in [-0.2, -0.15) is 0 Å². The smallest absolute Gasteiger partial charge is 0.203 e. The summed E-state index contributed by atoms with van der Waals surface area (Å²) in [4.78, 5) is 11.0. The second-order valence-corrected chi connectivity index (χ2v) is 5.10. The number of aldehydes is 1. The average molecular weight is 280 g/mol. The molecule has 0 fully saturated rings. The van der Waals surface area contributed by atoms with Crippen LogP contribution >= 0.6 is 0 Å². The molecular formula is C16H24O4. The lowest BCUT2D eigenvalue weighted by atomic mass is 9.76. The molecule has 0 aliphatic carbocycles. The summed E-state index contributed by atoms with van der Waals surface area (Å²) in [5, 5.41) is 0. The zero-order valence-corrected chi connectivity index (χ0v) is 13.0. The molecule has 0 saturated heterocycles. The van der Waals surface area contributed by atoms with Crippen LogP contribution in [0.2, 0.25) is 0 Å². The molecule has 20 heavy (non-hydrogen) atoms. The van der Waals surface area contributed by atoms with Crippen LogP contribution in [0.4, 0.5) is 0 Å². The minimum atomic E-state index is -0.219. The Morgan fingerprint density at radius 3 is 2.00 bits per heavy atom. The summed E-state index contributed by atoms with van der Waals surface area (Å²) in [6.07, 6.45) is 3.36. The van der Waals surface area contributed by atoms with Gasteiger partial charge in [-0.1, -0.05) is 20.3 Å². The Morgan fingerprint density at radius 2 is 1.65 bits per heavy atom. The fraction of sp³-hybridized carbons (Fsp3) is 0.562. The predicted octanol–water partition coefficient (Wildman–Crippen LogP) is 3.36. The number of carbonyl (C=O) groups is 1. The molecule has 0 heterocycles. The molecule has 0 spiro atoms. The highest BCUT2D eigenvalue weighted by Gasteiger charge is 2.28. The van der Waals surface area contributed by atoms with E-state index in [1.54, 1.807) is 21.3 Å². The number of carbonyl (C=O) groups excluding carboxylic acids is 1. The fourth-order valence-electron chi connectivity index (χ4n) is 2.53. The first-order valence-corrected chi connectivity index (χ1v) is 6.80. The van der Waals surface area contributed by atoms with Gasteiger partial charge in [-0.25, -0.2) is 0 Å². The van der Waals surface area contributed by atoms with Crippen molar-refractivity contribution in [2.75, 3.05) is 21.3 Å². The van der Waals surface area contributed by atoms with Gasteiger partial charge in [-0.15, -0.1) is 0 Å². The van der Waals surface area contributed by atoms with Gasteiger partial charge >= 0.3 is 0 Å². The summed E-state index contributed by atoms with van der Waals surface area (Å²) in [5.74, 6) is 1.81. The molecule has 1 aromatic carbocycles. The Balaban J connectivity index is 3.39. The monoisotopic (exact) mass is 280 g/mol. The predicted molar refractivity (Wildman–Crippen MR) is 79.0 cm³/mol. The third-order valence-corrected chi connectivity index (χ3v) is 3.70. The second kappa shape index (κ2) is 7.17. The number of ether oxygens (including phenoxy) is 3. The van der Waals surface area contributed by atoms with Gasteiger partial charge in [0.25, 0.3) is 0 Å². The molecule has 0 unspecified atom stereocenters. The van der Waals surface area contributed by atoms with Crippen LogP contribution < -0.4 is 14.2 Å². The topological polar surface area (TPSA) is 44.8 Å². The quantitative estimate of drug-likeness (QED) is 0.685. The van der Waals surface area contributed by atoms with Crippen molar-refractivity contribution in [1.29, 1.82) is 0 Å². The number of benzene rings is 1. The Hall–Kier alpha value is -1.71. The first-order chi connectivity index (χ1) is 9.56. The van der Waals surface area contributed by atoms with Crippen LogP contribution in [0.3, 0.4) is 0 Å². The Morgan fingerprint density at radius 1 is 1.10 bits per heavy atom. The van der Waals surface area contributed by atoms with Crippen LogP contribution in [0.5, 0.6) is 17.2 Å². The largest absolute Gasteiger partial charge is 0.493 e. The van der Waals surface area contributed by atoms with E-state index < -0.39 is 0 Å². The minimum absolute atomic E-state index is 0.219. The maximum Gasteiger partial charge on any atom is 0.203 e. The molecule has 0 aliphatic heterocycles. The van der Waals surface area contributed by atoms with Crippen molar-refractivity contribution in [3.05, 3.63) is 17.7 Å². The molecule has 4 nitrogen and oxygen atoms in total. The van der Waals surface area contributed by atoms with Gasteiger partial charge in [0.1, 0.15) is 6.29 Å². The minimum Gasteiger partial charge on any atom is -0.493 e. The van der Waals surface area contributed by atoms with E-state index in [1.165, 1.54) is 0 Å². The molecule has 4 heteroatoms. The number of hydrogen-bond donors (Lipinski definition) is 0. The van der Waals surface area contributed by atoms with Gasteiger partial charge in [-0.05, 0) is 29.5 Å². The number of hydrogen-bond acceptors (Lipinski definition) is 4. The maximum atomic E-state index is 11.0. The van der Waals surface area contributed by atoms with Gasteiger partial charge in [0.2, 0.25) is 5.75 Å². The highest BCUT2D eigenvalue weighted by molar-refractivity contribution is 5.58. The molecule has 0 aromatic heterocycles. The van der Waals surface area contributed by atoms with E-state index in [0.29, 0.717) is 23.7 Å². The molecule has 0 N–H and O–H groups in total. The van der Waals surface area contributed by atoms with Gasteiger partial charge < -0.3 is 19.0 Å². The van der Waals surface area contributed by atoms with E-state index >= 15 is 0 Å². The zero-order chi connectivity index (χ0) is 15.2. The maximum absolute atomic E-state index is 11.0. The van der Waals surface area contributed by atoms with E-state index in [-0.39, 0.29) is 5.41 Å². The molecule has 0 amide bonds. The van der Waals surface area contributed by atoms with Crippen LogP contribution in [-0.4, -0.2) is 27.6 Å². The lowest BCUT2D eigenvalue weighted by Gasteiger charge is -2.29. The summed E-state index contributed by atoms with van der Waals surface area (Å²) in [5.41, 5.74) is 0.810. The highest BCUT2D eigenvalue weighted by Crippen LogP contribution is 2.43. The second-order valence-electron chi connectivity index (χ2n) is 5.10. The van der Waals surface area contributed by atoms with Crippen LogP contribution in [0.25, 0.3) is 0 Å². The van der Waals surface area contributed by atoms with Crippen molar-refractivity contribution in [3.8, 4) is 17.2 Å². The number of methoxy groups -OCH3 is 3. The third kappa shape index (κ3) is 3.24. The van der Waals surface area contributed by atoms with Crippen molar-refractivity contribution in [2.24, 2.45) is 0 Å². The van der Waals surface area contributed by atoms with Gasteiger partial charge in [0.05, 0.1) is 21.3 Å². The molecule has 0 saturated carbocycles. The highest BCUT2D eigenvalue weighted by atomic mass is 16.5. The van der Waals surface area contributed by atoms with Gasteiger partial charge in [-0.3, -0.25) is 0 Å². The molecule has 0 radical (unpaired) electrons. The van der Waals surface area contributed by atoms with Crippen molar-refractivity contribution < 1.29 is 19.0 Å². The van der Waals surface area contributed by atoms with Crippen molar-refractivity contribution in [3.63, 3.8) is 0 Å². The fourth-order valence-corrected chi connectivity index (χ4v) is 2.53. The molecule has 0 bridgehead atoms. The molecule has 0 aliphatic rings. The van der Waals surface area contributed by atoms with Crippen LogP contribution in [0.1, 0.15) is 38.7 Å². The van der Waals surface area contributed by atoms with Crippen LogP contribution in [-0.2, 0) is 10.2 Å². The lowest BCUT2D eigenvalue weighted by Crippen LogP contribution is -2.22. The summed E-state index contributed by atoms with van der Waals surface area (Å²) in [6.45, 7) is 4.20. The van der Waals surface area contributed by atoms with Crippen molar-refractivity contribution in [1.82, 2.24) is 0 Å². The molecule has 1 aromatic rings. The summed E-state index contributed by atoms with van der Waals surface area (Å²) in [7, 11) is 4.77. The van der Waals surface area contributed by atoms with E-state index in [0.717, 1.165) is 24.7 Å². The van der Waals surface area contributed by atoms with Crippen molar-refractivity contribution >= 4 is 6.29 Å². The van der Waals surface area contributed by atoms with E-state index in [9.17, 15) is 4.79 Å². The van der Waals surface area contributed by atoms with E-state index in [2.05, 4.69) is 13.8 Å². The Bertz CT molecular complexity index is 431. The summed E-state index contributed by atoms with van der Waals surface area (Å²) < 4.78 is 16.1. The molecule has 1 rings (SSSR count). The SMILES string of the molecule is CCC[C@](C)(CC=O)c1cc(OC)c(OC)c(OC)c1. The molecular weight excluding hydrogens is 256 g/mol. The summed E-state index contributed by atoms with van der Waals surface area (Å²) >= 11 is 0. The molecule has 1 atom stereocenters. The first-order valence-electron chi connectivity index (χ1n) is 6.80.